The minimum atomic E-state index is -4.34. The monoisotopic (exact) mass is 343 g/mol. The smallest absolute Gasteiger partial charge is 0.356 e. The molecule has 6 heteroatoms. The Morgan fingerprint density at radius 3 is 2.20 bits per heavy atom. The van der Waals surface area contributed by atoms with Gasteiger partial charge in [-0.1, -0.05) is 24.3 Å². The van der Waals surface area contributed by atoms with E-state index in [1.54, 1.807) is 0 Å². The fourth-order valence-electron chi connectivity index (χ4n) is 3.17. The molecule has 1 aliphatic rings. The molecule has 2 heterocycles. The standard InChI is InChI=1S/C19H16F3N3/c20-19(21,22)14-9-7-13(8-10-14)17-23-16-6-2-1-5-15(16)18(24-17)25-11-3-4-12-25/h1-2,5-10H,3-4,11-12H2. The van der Waals surface area contributed by atoms with Gasteiger partial charge in [0.1, 0.15) is 5.82 Å². The van der Waals surface area contributed by atoms with Gasteiger partial charge < -0.3 is 4.90 Å². The quantitative estimate of drug-likeness (QED) is 0.662. The molecule has 1 aliphatic heterocycles. The van der Waals surface area contributed by atoms with Crippen LogP contribution < -0.4 is 4.90 Å². The summed E-state index contributed by atoms with van der Waals surface area (Å²) in [6.45, 7) is 1.88. The van der Waals surface area contributed by atoms with Crippen molar-refractivity contribution in [3.05, 3.63) is 54.1 Å². The van der Waals surface area contributed by atoms with Crippen molar-refractivity contribution in [2.45, 2.75) is 19.0 Å². The fraction of sp³-hybridized carbons (Fsp3) is 0.263. The summed E-state index contributed by atoms with van der Waals surface area (Å²) in [6, 6.07) is 12.8. The summed E-state index contributed by atoms with van der Waals surface area (Å²) in [5, 5.41) is 0.972. The van der Waals surface area contributed by atoms with Gasteiger partial charge in [-0.25, -0.2) is 9.97 Å². The molecule has 0 aliphatic carbocycles. The van der Waals surface area contributed by atoms with E-state index in [4.69, 9.17) is 0 Å². The summed E-state index contributed by atoms with van der Waals surface area (Å²) in [6.07, 6.45) is -2.11. The normalized spacial score (nSPS) is 15.1. The molecule has 1 fully saturated rings. The maximum absolute atomic E-state index is 12.8. The van der Waals surface area contributed by atoms with Gasteiger partial charge in [0.2, 0.25) is 0 Å². The molecule has 0 unspecified atom stereocenters. The van der Waals surface area contributed by atoms with E-state index in [2.05, 4.69) is 14.9 Å². The zero-order valence-corrected chi connectivity index (χ0v) is 13.4. The first kappa shape index (κ1) is 15.9. The van der Waals surface area contributed by atoms with Crippen LogP contribution in [0.3, 0.4) is 0 Å². The SMILES string of the molecule is FC(F)(F)c1ccc(-c2nc(N3CCCC3)c3ccccc3n2)cc1. The van der Waals surface area contributed by atoms with Gasteiger partial charge in [0, 0.05) is 24.0 Å². The first-order chi connectivity index (χ1) is 12.0. The summed E-state index contributed by atoms with van der Waals surface area (Å²) >= 11 is 0. The lowest BCUT2D eigenvalue weighted by molar-refractivity contribution is -0.137. The van der Waals surface area contributed by atoms with Crippen LogP contribution in [0, 0.1) is 0 Å². The number of hydrogen-bond acceptors (Lipinski definition) is 3. The highest BCUT2D eigenvalue weighted by Crippen LogP contribution is 2.32. The van der Waals surface area contributed by atoms with Gasteiger partial charge in [0.15, 0.2) is 5.82 Å². The van der Waals surface area contributed by atoms with E-state index < -0.39 is 11.7 Å². The Morgan fingerprint density at radius 2 is 1.52 bits per heavy atom. The number of nitrogens with zero attached hydrogens (tertiary/aromatic N) is 3. The third kappa shape index (κ3) is 3.04. The molecule has 0 N–H and O–H groups in total. The van der Waals surface area contributed by atoms with Gasteiger partial charge in [0.25, 0.3) is 0 Å². The largest absolute Gasteiger partial charge is 0.416 e. The van der Waals surface area contributed by atoms with Crippen LogP contribution >= 0.6 is 0 Å². The van der Waals surface area contributed by atoms with Crippen LogP contribution in [-0.2, 0) is 6.18 Å². The zero-order chi connectivity index (χ0) is 17.4. The molecule has 128 valence electrons. The van der Waals surface area contributed by atoms with E-state index in [0.717, 1.165) is 54.8 Å². The summed E-state index contributed by atoms with van der Waals surface area (Å²) in [5.74, 6) is 1.31. The zero-order valence-electron chi connectivity index (χ0n) is 13.4. The molecule has 1 saturated heterocycles. The second-order valence-corrected chi connectivity index (χ2v) is 6.16. The van der Waals surface area contributed by atoms with Crippen LogP contribution in [0.25, 0.3) is 22.3 Å². The van der Waals surface area contributed by atoms with E-state index in [1.165, 1.54) is 12.1 Å². The molecular weight excluding hydrogens is 327 g/mol. The second kappa shape index (κ2) is 6.02. The first-order valence-electron chi connectivity index (χ1n) is 8.22. The number of rotatable bonds is 2. The average Bonchev–Trinajstić information content (AvgIpc) is 3.14. The number of halogens is 3. The summed E-state index contributed by atoms with van der Waals surface area (Å²) in [5.41, 5.74) is 0.713. The molecule has 0 radical (unpaired) electrons. The number of fused-ring (bicyclic) bond motifs is 1. The molecule has 4 rings (SSSR count). The Bertz CT molecular complexity index is 898. The number of para-hydroxylation sites is 1. The van der Waals surface area contributed by atoms with E-state index in [1.807, 2.05) is 24.3 Å². The molecule has 0 bridgehead atoms. The van der Waals surface area contributed by atoms with E-state index in [-0.39, 0.29) is 0 Å². The Labute approximate surface area is 143 Å². The van der Waals surface area contributed by atoms with Crippen LogP contribution in [0.5, 0.6) is 0 Å². The Balaban J connectivity index is 1.82. The lowest BCUT2D eigenvalue weighted by atomic mass is 10.1. The van der Waals surface area contributed by atoms with Crippen molar-refractivity contribution >= 4 is 16.7 Å². The number of anilines is 1. The molecule has 3 nitrogen and oxygen atoms in total. The Kier molecular flexibility index (Phi) is 3.82. The van der Waals surface area contributed by atoms with Crippen molar-refractivity contribution in [2.24, 2.45) is 0 Å². The van der Waals surface area contributed by atoms with Crippen molar-refractivity contribution in [1.82, 2.24) is 9.97 Å². The van der Waals surface area contributed by atoms with E-state index in [0.29, 0.717) is 11.4 Å². The summed E-state index contributed by atoms with van der Waals surface area (Å²) in [4.78, 5) is 11.4. The highest BCUT2D eigenvalue weighted by atomic mass is 19.4. The topological polar surface area (TPSA) is 29.0 Å². The number of hydrogen-bond donors (Lipinski definition) is 0. The third-order valence-electron chi connectivity index (χ3n) is 4.46. The first-order valence-corrected chi connectivity index (χ1v) is 8.22. The lowest BCUT2D eigenvalue weighted by Crippen LogP contribution is -2.20. The highest BCUT2D eigenvalue weighted by Gasteiger charge is 2.30. The minimum absolute atomic E-state index is 0.453. The van der Waals surface area contributed by atoms with Gasteiger partial charge in [-0.05, 0) is 37.1 Å². The Hall–Kier alpha value is -2.63. The van der Waals surface area contributed by atoms with Gasteiger partial charge in [-0.3, -0.25) is 0 Å². The fourth-order valence-corrected chi connectivity index (χ4v) is 3.17. The molecule has 25 heavy (non-hydrogen) atoms. The van der Waals surface area contributed by atoms with Gasteiger partial charge >= 0.3 is 6.18 Å². The summed E-state index contributed by atoms with van der Waals surface area (Å²) < 4.78 is 38.3. The molecule has 0 saturated carbocycles. The summed E-state index contributed by atoms with van der Waals surface area (Å²) in [7, 11) is 0. The van der Waals surface area contributed by atoms with Crippen molar-refractivity contribution < 1.29 is 13.2 Å². The van der Waals surface area contributed by atoms with Crippen molar-refractivity contribution in [1.29, 1.82) is 0 Å². The average molecular weight is 343 g/mol. The van der Waals surface area contributed by atoms with Crippen LogP contribution in [-0.4, -0.2) is 23.1 Å². The van der Waals surface area contributed by atoms with Crippen LogP contribution in [0.2, 0.25) is 0 Å². The predicted octanol–water partition coefficient (Wildman–Crippen LogP) is 4.92. The molecule has 3 aromatic rings. The molecule has 0 atom stereocenters. The Morgan fingerprint density at radius 1 is 0.840 bits per heavy atom. The molecule has 2 aromatic carbocycles. The second-order valence-electron chi connectivity index (χ2n) is 6.16. The minimum Gasteiger partial charge on any atom is -0.356 e. The van der Waals surface area contributed by atoms with Crippen LogP contribution in [0.1, 0.15) is 18.4 Å². The molecule has 0 amide bonds. The number of aromatic nitrogens is 2. The van der Waals surface area contributed by atoms with Crippen LogP contribution in [0.15, 0.2) is 48.5 Å². The van der Waals surface area contributed by atoms with Gasteiger partial charge in [-0.15, -0.1) is 0 Å². The lowest BCUT2D eigenvalue weighted by Gasteiger charge is -2.19. The van der Waals surface area contributed by atoms with Crippen molar-refractivity contribution in [2.75, 3.05) is 18.0 Å². The van der Waals surface area contributed by atoms with E-state index in [9.17, 15) is 13.2 Å². The van der Waals surface area contributed by atoms with Gasteiger partial charge in [0.05, 0.1) is 11.1 Å². The van der Waals surface area contributed by atoms with Gasteiger partial charge in [-0.2, -0.15) is 13.2 Å². The van der Waals surface area contributed by atoms with Crippen molar-refractivity contribution in [3.8, 4) is 11.4 Å². The molecular formula is C19H16F3N3. The highest BCUT2D eigenvalue weighted by molar-refractivity contribution is 5.91. The van der Waals surface area contributed by atoms with E-state index >= 15 is 0 Å². The predicted molar refractivity (Wildman–Crippen MR) is 91.4 cm³/mol. The molecule has 0 spiro atoms. The van der Waals surface area contributed by atoms with Crippen LogP contribution in [0.4, 0.5) is 19.0 Å². The van der Waals surface area contributed by atoms with Crippen molar-refractivity contribution in [3.63, 3.8) is 0 Å². The number of alkyl halides is 3. The number of benzene rings is 2. The third-order valence-corrected chi connectivity index (χ3v) is 4.46. The maximum Gasteiger partial charge on any atom is 0.416 e. The maximum atomic E-state index is 12.8. The molecule has 1 aromatic heterocycles.